The van der Waals surface area contributed by atoms with E-state index >= 15 is 0 Å². The van der Waals surface area contributed by atoms with E-state index in [1.165, 1.54) is 6.92 Å². The Bertz CT molecular complexity index is 211. The van der Waals surface area contributed by atoms with Crippen LogP contribution in [0.4, 0.5) is 0 Å². The quantitative estimate of drug-likeness (QED) is 0.638. The van der Waals surface area contributed by atoms with E-state index < -0.39 is 5.97 Å². The monoisotopic (exact) mass is 201 g/mol. The molecule has 0 rings (SSSR count). The molecule has 0 unspecified atom stereocenters. The molecule has 0 radical (unpaired) electrons. The summed E-state index contributed by atoms with van der Waals surface area (Å²) >= 11 is 0. The molecule has 0 fully saturated rings. The highest BCUT2D eigenvalue weighted by atomic mass is 16.4. The molecule has 0 saturated carbocycles. The first-order valence-corrected chi connectivity index (χ1v) is 4.80. The average Bonchev–Trinajstić information content (AvgIpc) is 1.95. The van der Waals surface area contributed by atoms with Crippen molar-refractivity contribution in [2.45, 2.75) is 40.0 Å². The van der Waals surface area contributed by atoms with Crippen LogP contribution in [-0.4, -0.2) is 23.5 Å². The van der Waals surface area contributed by atoms with Crippen LogP contribution in [0.25, 0.3) is 0 Å². The van der Waals surface area contributed by atoms with Gasteiger partial charge in [0.25, 0.3) is 0 Å². The van der Waals surface area contributed by atoms with E-state index in [2.05, 4.69) is 5.32 Å². The highest BCUT2D eigenvalue weighted by Crippen LogP contribution is 2.26. The van der Waals surface area contributed by atoms with Crippen molar-refractivity contribution in [3.8, 4) is 0 Å². The molecular weight excluding hydrogens is 182 g/mol. The molecule has 0 bridgehead atoms. The van der Waals surface area contributed by atoms with Crippen molar-refractivity contribution in [3.63, 3.8) is 0 Å². The normalized spacial score (nSPS) is 11.1. The van der Waals surface area contributed by atoms with Gasteiger partial charge in [-0.1, -0.05) is 13.8 Å². The van der Waals surface area contributed by atoms with Crippen molar-refractivity contribution in [2.75, 3.05) is 6.54 Å². The zero-order chi connectivity index (χ0) is 11.2. The van der Waals surface area contributed by atoms with Crippen LogP contribution in [0.1, 0.15) is 40.0 Å². The maximum absolute atomic E-state index is 10.5. The molecule has 0 aliphatic carbocycles. The second-order valence-corrected chi connectivity index (χ2v) is 4.32. The van der Waals surface area contributed by atoms with Crippen LogP contribution in [0.3, 0.4) is 0 Å². The van der Waals surface area contributed by atoms with Gasteiger partial charge in [-0.25, -0.2) is 0 Å². The first-order chi connectivity index (χ1) is 6.33. The number of carbonyl (C=O) groups excluding carboxylic acids is 1. The van der Waals surface area contributed by atoms with Gasteiger partial charge in [-0.15, -0.1) is 0 Å². The number of hydrogen-bond acceptors (Lipinski definition) is 2. The first kappa shape index (κ1) is 12.9. The molecule has 4 nitrogen and oxygen atoms in total. The Balaban J connectivity index is 3.65. The molecule has 82 valence electrons. The van der Waals surface area contributed by atoms with E-state index in [0.717, 1.165) is 12.8 Å². The molecule has 14 heavy (non-hydrogen) atoms. The molecule has 1 amide bonds. The third-order valence-electron chi connectivity index (χ3n) is 2.03. The largest absolute Gasteiger partial charge is 0.481 e. The van der Waals surface area contributed by atoms with Gasteiger partial charge in [0.2, 0.25) is 5.91 Å². The first-order valence-electron chi connectivity index (χ1n) is 4.80. The molecule has 0 heterocycles. The highest BCUT2D eigenvalue weighted by Gasteiger charge is 2.20. The Morgan fingerprint density at radius 1 is 1.36 bits per heavy atom. The Morgan fingerprint density at radius 3 is 2.36 bits per heavy atom. The second-order valence-electron chi connectivity index (χ2n) is 4.32. The number of nitrogens with one attached hydrogen (secondary N) is 1. The van der Waals surface area contributed by atoms with Crippen LogP contribution in [0.2, 0.25) is 0 Å². The molecule has 2 N–H and O–H groups in total. The Labute approximate surface area is 84.7 Å². The van der Waals surface area contributed by atoms with Gasteiger partial charge < -0.3 is 10.4 Å². The second kappa shape index (κ2) is 5.62. The molecule has 0 aromatic rings. The highest BCUT2D eigenvalue weighted by molar-refractivity contribution is 5.72. The van der Waals surface area contributed by atoms with Gasteiger partial charge in [-0.2, -0.15) is 0 Å². The van der Waals surface area contributed by atoms with Crippen molar-refractivity contribution < 1.29 is 14.7 Å². The van der Waals surface area contributed by atoms with Gasteiger partial charge in [-0.05, 0) is 18.3 Å². The Hall–Kier alpha value is -1.06. The third kappa shape index (κ3) is 7.58. The minimum atomic E-state index is -0.769. The molecule has 0 aliphatic rings. The van der Waals surface area contributed by atoms with E-state index in [4.69, 9.17) is 5.11 Å². The van der Waals surface area contributed by atoms with Gasteiger partial charge in [0.1, 0.15) is 0 Å². The van der Waals surface area contributed by atoms with Crippen molar-refractivity contribution in [1.82, 2.24) is 5.32 Å². The van der Waals surface area contributed by atoms with Gasteiger partial charge in [-0.3, -0.25) is 9.59 Å². The fraction of sp³-hybridized carbons (Fsp3) is 0.800. The van der Waals surface area contributed by atoms with Crippen LogP contribution in [0, 0.1) is 5.41 Å². The van der Waals surface area contributed by atoms with Crippen molar-refractivity contribution in [1.29, 1.82) is 0 Å². The molecule has 4 heteroatoms. The summed E-state index contributed by atoms with van der Waals surface area (Å²) in [7, 11) is 0. The lowest BCUT2D eigenvalue weighted by atomic mass is 9.84. The van der Waals surface area contributed by atoms with Crippen LogP contribution < -0.4 is 5.32 Å². The molecule has 0 aliphatic heterocycles. The molecule has 0 spiro atoms. The summed E-state index contributed by atoms with van der Waals surface area (Å²) in [6.45, 7) is 5.95. The van der Waals surface area contributed by atoms with Gasteiger partial charge in [0.05, 0.1) is 6.42 Å². The third-order valence-corrected chi connectivity index (χ3v) is 2.03. The molecule has 0 atom stereocenters. The number of rotatable bonds is 6. The maximum atomic E-state index is 10.5. The number of aliphatic carboxylic acids is 1. The summed E-state index contributed by atoms with van der Waals surface area (Å²) < 4.78 is 0. The summed E-state index contributed by atoms with van der Waals surface area (Å²) in [4.78, 5) is 21.0. The van der Waals surface area contributed by atoms with Crippen LogP contribution in [-0.2, 0) is 9.59 Å². The Kier molecular flexibility index (Phi) is 5.20. The molecule has 0 saturated heterocycles. The summed E-state index contributed by atoms with van der Waals surface area (Å²) in [6, 6.07) is 0. The van der Waals surface area contributed by atoms with E-state index in [1.54, 1.807) is 0 Å². The Morgan fingerprint density at radius 2 is 1.93 bits per heavy atom. The standard InChI is InChI=1S/C10H19NO3/c1-8(12)11-6-4-5-10(2,3)7-9(13)14/h4-7H2,1-3H3,(H,11,12)(H,13,14). The predicted octanol–water partition coefficient (Wildman–Crippen LogP) is 1.40. The number of carboxylic acids is 1. The summed E-state index contributed by atoms with van der Waals surface area (Å²) in [5, 5.41) is 11.3. The van der Waals surface area contributed by atoms with Crippen LogP contribution in [0.5, 0.6) is 0 Å². The van der Waals surface area contributed by atoms with Crippen LogP contribution in [0.15, 0.2) is 0 Å². The van der Waals surface area contributed by atoms with Crippen molar-refractivity contribution in [3.05, 3.63) is 0 Å². The van der Waals surface area contributed by atoms with Gasteiger partial charge in [0, 0.05) is 13.5 Å². The SMILES string of the molecule is CC(=O)NCCCC(C)(C)CC(=O)O. The van der Waals surface area contributed by atoms with E-state index in [9.17, 15) is 9.59 Å². The van der Waals surface area contributed by atoms with E-state index in [0.29, 0.717) is 6.54 Å². The average molecular weight is 201 g/mol. The fourth-order valence-corrected chi connectivity index (χ4v) is 1.33. The fourth-order valence-electron chi connectivity index (χ4n) is 1.33. The smallest absolute Gasteiger partial charge is 0.303 e. The minimum Gasteiger partial charge on any atom is -0.481 e. The number of hydrogen-bond donors (Lipinski definition) is 2. The van der Waals surface area contributed by atoms with Crippen LogP contribution >= 0.6 is 0 Å². The van der Waals surface area contributed by atoms with E-state index in [-0.39, 0.29) is 17.7 Å². The number of carboxylic acid groups (broad SMARTS) is 1. The zero-order valence-corrected chi connectivity index (χ0v) is 9.09. The van der Waals surface area contributed by atoms with Crippen molar-refractivity contribution >= 4 is 11.9 Å². The number of amides is 1. The summed E-state index contributed by atoms with van der Waals surface area (Å²) in [5.74, 6) is -0.810. The van der Waals surface area contributed by atoms with Gasteiger partial charge >= 0.3 is 5.97 Å². The zero-order valence-electron chi connectivity index (χ0n) is 9.09. The number of carbonyl (C=O) groups is 2. The topological polar surface area (TPSA) is 66.4 Å². The summed E-state index contributed by atoms with van der Waals surface area (Å²) in [6.07, 6.45) is 1.80. The predicted molar refractivity (Wildman–Crippen MR) is 54.0 cm³/mol. The van der Waals surface area contributed by atoms with E-state index in [1.807, 2.05) is 13.8 Å². The summed E-state index contributed by atoms with van der Waals surface area (Å²) in [5.41, 5.74) is -0.190. The van der Waals surface area contributed by atoms with Crippen molar-refractivity contribution in [2.24, 2.45) is 5.41 Å². The lowest BCUT2D eigenvalue weighted by Crippen LogP contribution is -2.23. The molecule has 0 aromatic carbocycles. The molecule has 0 aromatic heterocycles. The lowest BCUT2D eigenvalue weighted by molar-refractivity contribution is -0.139. The van der Waals surface area contributed by atoms with Gasteiger partial charge in [0.15, 0.2) is 0 Å². The molecular formula is C10H19NO3. The minimum absolute atomic E-state index is 0.0407. The lowest BCUT2D eigenvalue weighted by Gasteiger charge is -2.21. The maximum Gasteiger partial charge on any atom is 0.303 e.